The Balaban J connectivity index is 1.76. The molecule has 0 bridgehead atoms. The third kappa shape index (κ3) is 6.08. The van der Waals surface area contributed by atoms with Crippen molar-refractivity contribution in [1.82, 2.24) is 4.31 Å². The fourth-order valence-corrected chi connectivity index (χ4v) is 5.18. The number of ether oxygens (including phenoxy) is 2. The second-order valence-electron chi connectivity index (χ2n) is 7.73. The smallest absolute Gasteiger partial charge is 0.338 e. The molecule has 0 spiro atoms. The van der Waals surface area contributed by atoms with Crippen LogP contribution in [0.5, 0.6) is 5.75 Å². The van der Waals surface area contributed by atoms with Crippen LogP contribution in [0.1, 0.15) is 43.0 Å². The second-order valence-corrected chi connectivity index (χ2v) is 9.63. The number of hydrogen-bond donors (Lipinski definition) is 1. The molecule has 1 aliphatic heterocycles. The van der Waals surface area contributed by atoms with Gasteiger partial charge in [-0.05, 0) is 62.2 Å². The molecule has 2 aromatic carbocycles. The summed E-state index contributed by atoms with van der Waals surface area (Å²) >= 11 is 0. The number of sulfonamides is 1. The van der Waals surface area contributed by atoms with Crippen LogP contribution in [-0.2, 0) is 19.6 Å². The van der Waals surface area contributed by atoms with Gasteiger partial charge >= 0.3 is 5.97 Å². The van der Waals surface area contributed by atoms with E-state index in [1.54, 1.807) is 0 Å². The highest BCUT2D eigenvalue weighted by molar-refractivity contribution is 7.89. The van der Waals surface area contributed by atoms with E-state index in [4.69, 9.17) is 9.47 Å². The van der Waals surface area contributed by atoms with Crippen LogP contribution in [-0.4, -0.2) is 50.9 Å². The van der Waals surface area contributed by atoms with Crippen LogP contribution in [0.15, 0.2) is 47.4 Å². The lowest BCUT2D eigenvalue weighted by atomic mass is 10.2. The monoisotopic (exact) mass is 478 g/mol. The van der Waals surface area contributed by atoms with Gasteiger partial charge in [-0.2, -0.15) is 4.31 Å². The van der Waals surface area contributed by atoms with E-state index in [1.165, 1.54) is 60.8 Å². The SMILES string of the molecule is COc1ccc(C(=O)O[C@@H](C)C(=O)Nc2ccc(F)cc2)cc1S(=O)(=O)N1CCCCCC1. The van der Waals surface area contributed by atoms with Crippen molar-refractivity contribution in [3.05, 3.63) is 53.8 Å². The Morgan fingerprint density at radius 3 is 2.27 bits per heavy atom. The molecule has 0 saturated carbocycles. The molecule has 33 heavy (non-hydrogen) atoms. The molecule has 0 aliphatic carbocycles. The number of anilines is 1. The minimum Gasteiger partial charge on any atom is -0.495 e. The molecule has 1 heterocycles. The van der Waals surface area contributed by atoms with Crippen molar-refractivity contribution in [3.63, 3.8) is 0 Å². The Morgan fingerprint density at radius 1 is 1.03 bits per heavy atom. The summed E-state index contributed by atoms with van der Waals surface area (Å²) in [5.74, 6) is -1.79. The highest BCUT2D eigenvalue weighted by Gasteiger charge is 2.30. The Labute approximate surface area is 192 Å². The van der Waals surface area contributed by atoms with Crippen molar-refractivity contribution in [1.29, 1.82) is 0 Å². The van der Waals surface area contributed by atoms with Gasteiger partial charge in [0.05, 0.1) is 12.7 Å². The molecular weight excluding hydrogens is 451 g/mol. The molecule has 1 aliphatic rings. The van der Waals surface area contributed by atoms with Gasteiger partial charge in [0, 0.05) is 18.8 Å². The van der Waals surface area contributed by atoms with Gasteiger partial charge in [0.25, 0.3) is 5.91 Å². The molecule has 2 aromatic rings. The fraction of sp³-hybridized carbons (Fsp3) is 0.391. The lowest BCUT2D eigenvalue weighted by Crippen LogP contribution is -2.32. The minimum absolute atomic E-state index is 0.0226. The summed E-state index contributed by atoms with van der Waals surface area (Å²) in [5.41, 5.74) is 0.324. The Morgan fingerprint density at radius 2 is 1.67 bits per heavy atom. The molecule has 10 heteroatoms. The zero-order chi connectivity index (χ0) is 24.0. The van der Waals surface area contributed by atoms with E-state index in [2.05, 4.69) is 5.32 Å². The quantitative estimate of drug-likeness (QED) is 0.611. The van der Waals surface area contributed by atoms with Gasteiger partial charge in [-0.25, -0.2) is 17.6 Å². The minimum atomic E-state index is -3.88. The third-order valence-corrected chi connectivity index (χ3v) is 7.27. The number of amides is 1. The number of methoxy groups -OCH3 is 1. The molecule has 1 amide bonds. The van der Waals surface area contributed by atoms with Crippen molar-refractivity contribution in [2.75, 3.05) is 25.5 Å². The van der Waals surface area contributed by atoms with E-state index in [0.29, 0.717) is 18.8 Å². The molecule has 178 valence electrons. The average Bonchev–Trinajstić information content (AvgIpc) is 3.10. The maximum absolute atomic E-state index is 13.3. The third-order valence-electron chi connectivity index (χ3n) is 5.35. The predicted octanol–water partition coefficient (Wildman–Crippen LogP) is 3.58. The summed E-state index contributed by atoms with van der Waals surface area (Å²) in [4.78, 5) is 24.9. The zero-order valence-corrected chi connectivity index (χ0v) is 19.4. The van der Waals surface area contributed by atoms with E-state index in [0.717, 1.165) is 25.7 Å². The normalized spacial score (nSPS) is 15.8. The summed E-state index contributed by atoms with van der Waals surface area (Å²) in [5, 5.41) is 2.52. The number of esters is 1. The fourth-order valence-electron chi connectivity index (χ4n) is 3.49. The average molecular weight is 479 g/mol. The number of hydrogen-bond acceptors (Lipinski definition) is 6. The molecular formula is C23H27FN2O6S. The van der Waals surface area contributed by atoms with Gasteiger partial charge in [-0.1, -0.05) is 12.8 Å². The number of nitrogens with one attached hydrogen (secondary N) is 1. The molecule has 0 aromatic heterocycles. The van der Waals surface area contributed by atoms with Crippen LogP contribution >= 0.6 is 0 Å². The van der Waals surface area contributed by atoms with Crippen molar-refractivity contribution < 1.29 is 31.9 Å². The van der Waals surface area contributed by atoms with Crippen molar-refractivity contribution in [2.24, 2.45) is 0 Å². The van der Waals surface area contributed by atoms with Crippen molar-refractivity contribution in [2.45, 2.75) is 43.6 Å². The Kier molecular flexibility index (Phi) is 8.04. The lowest BCUT2D eigenvalue weighted by Gasteiger charge is -2.21. The van der Waals surface area contributed by atoms with E-state index in [1.807, 2.05) is 0 Å². The van der Waals surface area contributed by atoms with Crippen molar-refractivity contribution >= 4 is 27.6 Å². The highest BCUT2D eigenvalue weighted by Crippen LogP contribution is 2.29. The molecule has 1 saturated heterocycles. The first-order valence-electron chi connectivity index (χ1n) is 10.7. The maximum atomic E-state index is 13.3. The van der Waals surface area contributed by atoms with E-state index < -0.39 is 33.8 Å². The van der Waals surface area contributed by atoms with Gasteiger partial charge in [-0.3, -0.25) is 4.79 Å². The van der Waals surface area contributed by atoms with Crippen LogP contribution in [0.2, 0.25) is 0 Å². The first-order valence-corrected chi connectivity index (χ1v) is 12.1. The maximum Gasteiger partial charge on any atom is 0.338 e. The molecule has 3 rings (SSSR count). The second kappa shape index (κ2) is 10.8. The summed E-state index contributed by atoms with van der Waals surface area (Å²) in [6.07, 6.45) is 2.30. The molecule has 1 N–H and O–H groups in total. The number of benzene rings is 2. The van der Waals surface area contributed by atoms with Crippen LogP contribution in [0.3, 0.4) is 0 Å². The summed E-state index contributed by atoms with van der Waals surface area (Å²) in [6.45, 7) is 2.19. The van der Waals surface area contributed by atoms with Gasteiger partial charge in [0.2, 0.25) is 10.0 Å². The van der Waals surface area contributed by atoms with Crippen LogP contribution in [0.4, 0.5) is 10.1 Å². The number of carbonyl (C=O) groups is 2. The van der Waals surface area contributed by atoms with Gasteiger partial charge in [-0.15, -0.1) is 0 Å². The van der Waals surface area contributed by atoms with Crippen molar-refractivity contribution in [3.8, 4) is 5.75 Å². The summed E-state index contributed by atoms with van der Waals surface area (Å²) < 4.78 is 51.4. The number of carbonyl (C=O) groups excluding carboxylic acids is 2. The first kappa shape index (κ1) is 24.7. The van der Waals surface area contributed by atoms with Gasteiger partial charge in [0.15, 0.2) is 6.10 Å². The van der Waals surface area contributed by atoms with E-state index in [9.17, 15) is 22.4 Å². The largest absolute Gasteiger partial charge is 0.495 e. The molecule has 0 unspecified atom stereocenters. The summed E-state index contributed by atoms with van der Waals surface area (Å²) in [7, 11) is -2.52. The molecule has 8 nitrogen and oxygen atoms in total. The molecule has 1 fully saturated rings. The number of nitrogens with zero attached hydrogens (tertiary/aromatic N) is 1. The van der Waals surface area contributed by atoms with Crippen LogP contribution < -0.4 is 10.1 Å². The van der Waals surface area contributed by atoms with E-state index >= 15 is 0 Å². The predicted molar refractivity (Wildman–Crippen MR) is 120 cm³/mol. The Bertz CT molecular complexity index is 1100. The van der Waals surface area contributed by atoms with Crippen LogP contribution in [0.25, 0.3) is 0 Å². The number of rotatable bonds is 7. The first-order chi connectivity index (χ1) is 15.7. The Hall–Kier alpha value is -2.98. The molecule has 0 radical (unpaired) electrons. The van der Waals surface area contributed by atoms with Crippen LogP contribution in [0, 0.1) is 5.82 Å². The molecule has 1 atom stereocenters. The van der Waals surface area contributed by atoms with E-state index in [-0.39, 0.29) is 16.2 Å². The lowest BCUT2D eigenvalue weighted by molar-refractivity contribution is -0.123. The standard InChI is InChI=1S/C23H27FN2O6S/c1-16(22(27)25-19-10-8-18(24)9-11-19)32-23(28)17-7-12-20(31-2)21(15-17)33(29,30)26-13-5-3-4-6-14-26/h7-12,15-16H,3-6,13-14H2,1-2H3,(H,25,27)/t16-/m0/s1. The van der Waals surface area contributed by atoms with Gasteiger partial charge in [0.1, 0.15) is 16.5 Å². The number of halogens is 1. The highest BCUT2D eigenvalue weighted by atomic mass is 32.2. The summed E-state index contributed by atoms with van der Waals surface area (Å²) in [6, 6.07) is 9.13. The topological polar surface area (TPSA) is 102 Å². The van der Waals surface area contributed by atoms with Gasteiger partial charge < -0.3 is 14.8 Å². The zero-order valence-electron chi connectivity index (χ0n) is 18.5.